The highest BCUT2D eigenvalue weighted by molar-refractivity contribution is 7.68. The monoisotopic (exact) mass is 399 g/mol. The maximum atomic E-state index is 6.84. The predicted molar refractivity (Wildman–Crippen MR) is 124 cm³/mol. The molecule has 29 heavy (non-hydrogen) atoms. The van der Waals surface area contributed by atoms with Gasteiger partial charge in [-0.05, 0) is 12.0 Å². The van der Waals surface area contributed by atoms with Gasteiger partial charge in [0, 0.05) is 23.7 Å². The lowest BCUT2D eigenvalue weighted by Crippen LogP contribution is -2.26. The van der Waals surface area contributed by atoms with Crippen molar-refractivity contribution in [3.63, 3.8) is 0 Å². The first-order valence-corrected chi connectivity index (χ1v) is 11.3. The van der Waals surface area contributed by atoms with Gasteiger partial charge in [-0.25, -0.2) is 0 Å². The molecule has 146 valence electrons. The lowest BCUT2D eigenvalue weighted by atomic mass is 10.1. The zero-order valence-corrected chi connectivity index (χ0v) is 17.3. The Bertz CT molecular complexity index is 899. The molecule has 0 unspecified atom stereocenters. The van der Waals surface area contributed by atoms with E-state index >= 15 is 0 Å². The molecule has 0 saturated heterocycles. The molecule has 0 bridgehead atoms. The summed E-state index contributed by atoms with van der Waals surface area (Å²) in [6.07, 6.45) is 7.56. The van der Waals surface area contributed by atoms with Crippen molar-refractivity contribution in [3.05, 3.63) is 120 Å². The number of hydrogen-bond acceptors (Lipinski definition) is 2. The summed E-state index contributed by atoms with van der Waals surface area (Å²) in [5.41, 5.74) is 2.63. The van der Waals surface area contributed by atoms with E-state index < -0.39 is 8.15 Å². The second kappa shape index (κ2) is 10.3. The van der Waals surface area contributed by atoms with Crippen molar-refractivity contribution in [2.75, 3.05) is 13.1 Å². The van der Waals surface area contributed by atoms with Gasteiger partial charge in [-0.3, -0.25) is 0 Å². The van der Waals surface area contributed by atoms with Crippen molar-refractivity contribution in [1.82, 2.24) is 5.32 Å². The third kappa shape index (κ3) is 5.52. The van der Waals surface area contributed by atoms with E-state index in [0.717, 1.165) is 19.5 Å². The third-order valence-electron chi connectivity index (χ3n) is 4.92. The smallest absolute Gasteiger partial charge is 0.100 e. The van der Waals surface area contributed by atoms with E-state index in [4.69, 9.17) is 4.52 Å². The average molecular weight is 399 g/mol. The van der Waals surface area contributed by atoms with E-state index in [9.17, 15) is 0 Å². The lowest BCUT2D eigenvalue weighted by Gasteiger charge is -2.26. The van der Waals surface area contributed by atoms with Crippen LogP contribution in [0.4, 0.5) is 0 Å². The van der Waals surface area contributed by atoms with E-state index in [1.807, 2.05) is 0 Å². The van der Waals surface area contributed by atoms with Gasteiger partial charge in [0.25, 0.3) is 0 Å². The van der Waals surface area contributed by atoms with E-state index in [-0.39, 0.29) is 6.10 Å². The Morgan fingerprint density at radius 1 is 0.793 bits per heavy atom. The van der Waals surface area contributed by atoms with Gasteiger partial charge >= 0.3 is 0 Å². The van der Waals surface area contributed by atoms with E-state index in [0.29, 0.717) is 0 Å². The Morgan fingerprint density at radius 3 is 1.93 bits per heavy atom. The molecule has 3 aromatic rings. The molecule has 0 aliphatic heterocycles. The Balaban J connectivity index is 1.56. The van der Waals surface area contributed by atoms with Gasteiger partial charge in [0.05, 0.1) is 8.15 Å². The fourth-order valence-corrected chi connectivity index (χ4v) is 5.27. The molecule has 2 nitrogen and oxygen atoms in total. The van der Waals surface area contributed by atoms with E-state index in [1.54, 1.807) is 0 Å². The minimum atomic E-state index is -0.908. The predicted octanol–water partition coefficient (Wildman–Crippen LogP) is 5.27. The fraction of sp³-hybridized carbons (Fsp3) is 0.154. The summed E-state index contributed by atoms with van der Waals surface area (Å²) in [4.78, 5) is 0. The zero-order chi connectivity index (χ0) is 19.7. The summed E-state index contributed by atoms with van der Waals surface area (Å²) < 4.78 is 6.84. The van der Waals surface area contributed by atoms with Gasteiger partial charge in [-0.1, -0.05) is 115 Å². The van der Waals surface area contributed by atoms with Crippen LogP contribution in [0.3, 0.4) is 0 Å². The van der Waals surface area contributed by atoms with Crippen molar-refractivity contribution in [2.45, 2.75) is 12.5 Å². The topological polar surface area (TPSA) is 21.3 Å². The van der Waals surface area contributed by atoms with Crippen LogP contribution >= 0.6 is 8.15 Å². The molecule has 1 atom stereocenters. The molecule has 0 spiro atoms. The maximum absolute atomic E-state index is 6.84. The molecule has 1 aliphatic rings. The summed E-state index contributed by atoms with van der Waals surface area (Å²) in [5.74, 6) is 0. The van der Waals surface area contributed by atoms with Crippen LogP contribution in [-0.2, 0) is 4.52 Å². The van der Waals surface area contributed by atoms with Crippen LogP contribution in [0.25, 0.3) is 0 Å². The van der Waals surface area contributed by atoms with Gasteiger partial charge < -0.3 is 9.84 Å². The molecule has 0 radical (unpaired) electrons. The number of rotatable bonds is 9. The van der Waals surface area contributed by atoms with Crippen LogP contribution in [-0.4, -0.2) is 13.1 Å². The molecular weight excluding hydrogens is 373 g/mol. The molecule has 0 fully saturated rings. The summed E-state index contributed by atoms with van der Waals surface area (Å²) in [7, 11) is -0.908. The van der Waals surface area contributed by atoms with Crippen molar-refractivity contribution < 1.29 is 4.52 Å². The molecule has 0 aromatic heterocycles. The first-order chi connectivity index (χ1) is 14.4. The highest BCUT2D eigenvalue weighted by Crippen LogP contribution is 2.40. The first kappa shape index (κ1) is 19.8. The van der Waals surface area contributed by atoms with Crippen molar-refractivity contribution >= 4 is 18.8 Å². The SMILES string of the molecule is C1=CCC(CNC[C@H](OP(c2ccccc2)c2ccccc2)c2ccccc2)=C1. The van der Waals surface area contributed by atoms with Gasteiger partial charge in [-0.15, -0.1) is 0 Å². The standard InChI is InChI=1S/C26H26NOP/c1-4-14-23(15-5-1)26(21-27-20-22-12-10-11-13-22)28-29(24-16-6-2-7-17-24)25-18-8-3-9-19-25/h1-12,14-19,26-27H,13,20-21H2/t26-/m0/s1. The minimum absolute atomic E-state index is 0.0160. The summed E-state index contributed by atoms with van der Waals surface area (Å²) in [6.45, 7) is 1.67. The molecule has 3 aromatic carbocycles. The number of benzene rings is 3. The van der Waals surface area contributed by atoms with E-state index in [2.05, 4.69) is 115 Å². The third-order valence-corrected chi connectivity index (χ3v) is 6.91. The van der Waals surface area contributed by atoms with Crippen LogP contribution in [0.15, 0.2) is 115 Å². The van der Waals surface area contributed by atoms with Gasteiger partial charge in [-0.2, -0.15) is 0 Å². The van der Waals surface area contributed by atoms with Crippen molar-refractivity contribution in [1.29, 1.82) is 0 Å². The fourth-order valence-electron chi connectivity index (χ4n) is 3.39. The average Bonchev–Trinajstić information content (AvgIpc) is 3.31. The summed E-state index contributed by atoms with van der Waals surface area (Å²) in [5, 5.41) is 6.08. The molecule has 0 amide bonds. The maximum Gasteiger partial charge on any atom is 0.100 e. The van der Waals surface area contributed by atoms with Crippen LogP contribution in [0.1, 0.15) is 18.1 Å². The molecule has 1 N–H and O–H groups in total. The van der Waals surface area contributed by atoms with E-state index in [1.165, 1.54) is 21.7 Å². The number of hydrogen-bond donors (Lipinski definition) is 1. The van der Waals surface area contributed by atoms with Crippen molar-refractivity contribution in [2.24, 2.45) is 0 Å². The molecular formula is C26H26NOP. The van der Waals surface area contributed by atoms with Crippen LogP contribution in [0.2, 0.25) is 0 Å². The molecule has 0 heterocycles. The molecule has 3 heteroatoms. The Kier molecular flexibility index (Phi) is 7.04. The van der Waals surface area contributed by atoms with Gasteiger partial charge in [0.2, 0.25) is 0 Å². The van der Waals surface area contributed by atoms with Gasteiger partial charge in [0.15, 0.2) is 0 Å². The second-order valence-corrected chi connectivity index (χ2v) is 8.89. The number of nitrogens with one attached hydrogen (secondary N) is 1. The van der Waals surface area contributed by atoms with Crippen LogP contribution in [0, 0.1) is 0 Å². The second-order valence-electron chi connectivity index (χ2n) is 7.06. The number of allylic oxidation sites excluding steroid dienone is 3. The zero-order valence-electron chi connectivity index (χ0n) is 16.4. The largest absolute Gasteiger partial charge is 0.340 e. The highest BCUT2D eigenvalue weighted by Gasteiger charge is 2.22. The lowest BCUT2D eigenvalue weighted by molar-refractivity contribution is 0.233. The van der Waals surface area contributed by atoms with Crippen LogP contribution in [0.5, 0.6) is 0 Å². The summed E-state index contributed by atoms with van der Waals surface area (Å²) >= 11 is 0. The molecule has 4 rings (SSSR count). The van der Waals surface area contributed by atoms with Gasteiger partial charge in [0.1, 0.15) is 6.10 Å². The minimum Gasteiger partial charge on any atom is -0.340 e. The Hall–Kier alpha value is -2.51. The highest BCUT2D eigenvalue weighted by atomic mass is 31.1. The van der Waals surface area contributed by atoms with Crippen LogP contribution < -0.4 is 15.9 Å². The Labute approximate surface area is 174 Å². The van der Waals surface area contributed by atoms with Crippen molar-refractivity contribution in [3.8, 4) is 0 Å². The molecule has 0 saturated carbocycles. The normalized spacial score (nSPS) is 14.2. The summed E-state index contributed by atoms with van der Waals surface area (Å²) in [6, 6.07) is 31.7. The molecule has 1 aliphatic carbocycles. The quantitative estimate of drug-likeness (QED) is 0.495. The Morgan fingerprint density at radius 2 is 1.38 bits per heavy atom. The first-order valence-electron chi connectivity index (χ1n) is 10.1.